The first-order valence-corrected chi connectivity index (χ1v) is 8.83. The Hall–Kier alpha value is -1.40. The summed E-state index contributed by atoms with van der Waals surface area (Å²) in [5, 5.41) is -0.291. The Morgan fingerprint density at radius 3 is 2.48 bits per heavy atom. The van der Waals surface area contributed by atoms with E-state index in [-0.39, 0.29) is 11.2 Å². The topological polar surface area (TPSA) is 66.5 Å². The molecule has 5 nitrogen and oxygen atoms in total. The van der Waals surface area contributed by atoms with Gasteiger partial charge in [-0.3, -0.25) is 4.79 Å². The maximum Gasteiger partial charge on any atom is 0.245 e. The molecule has 1 heterocycles. The summed E-state index contributed by atoms with van der Waals surface area (Å²) in [4.78, 5) is 14.1. The molecule has 1 N–H and O–H groups in total. The number of nitrogens with zero attached hydrogens (tertiary/aromatic N) is 1. The normalized spacial score (nSPS) is 22.9. The van der Waals surface area contributed by atoms with Crippen molar-refractivity contribution in [2.75, 3.05) is 11.4 Å². The van der Waals surface area contributed by atoms with Crippen molar-refractivity contribution in [2.24, 2.45) is 0 Å². The van der Waals surface area contributed by atoms with Gasteiger partial charge in [-0.15, -0.1) is 0 Å². The summed E-state index contributed by atoms with van der Waals surface area (Å²) in [6.45, 7) is 4.59. The molecule has 1 saturated carbocycles. The molecule has 2 aliphatic rings. The first-order chi connectivity index (χ1) is 9.88. The summed E-state index contributed by atoms with van der Waals surface area (Å²) < 4.78 is 26.5. The van der Waals surface area contributed by atoms with Crippen molar-refractivity contribution in [1.82, 2.24) is 4.72 Å². The van der Waals surface area contributed by atoms with Crippen LogP contribution in [0.5, 0.6) is 0 Å². The second-order valence-electron chi connectivity index (χ2n) is 5.96. The van der Waals surface area contributed by atoms with Gasteiger partial charge in [-0.2, -0.15) is 0 Å². The number of sulfonamides is 1. The third-order valence-corrected chi connectivity index (χ3v) is 6.24. The van der Waals surface area contributed by atoms with E-state index in [0.29, 0.717) is 25.8 Å². The van der Waals surface area contributed by atoms with E-state index in [1.807, 2.05) is 32.0 Å². The van der Waals surface area contributed by atoms with Crippen molar-refractivity contribution >= 4 is 21.6 Å². The van der Waals surface area contributed by atoms with E-state index in [2.05, 4.69) is 4.72 Å². The van der Waals surface area contributed by atoms with Gasteiger partial charge in [-0.1, -0.05) is 6.07 Å². The highest BCUT2D eigenvalue weighted by atomic mass is 32.2. The highest BCUT2D eigenvalue weighted by Gasteiger charge is 2.41. The van der Waals surface area contributed by atoms with Crippen molar-refractivity contribution in [1.29, 1.82) is 0 Å². The van der Waals surface area contributed by atoms with Gasteiger partial charge in [-0.05, 0) is 56.4 Å². The lowest BCUT2D eigenvalue weighted by Crippen LogP contribution is -2.42. The van der Waals surface area contributed by atoms with Gasteiger partial charge in [0.1, 0.15) is 6.04 Å². The minimum atomic E-state index is -3.32. The lowest BCUT2D eigenvalue weighted by atomic mass is 10.1. The fraction of sp³-hybridized carbons (Fsp3) is 0.533. The summed E-state index contributed by atoms with van der Waals surface area (Å²) in [6.07, 6.45) is 1.94. The van der Waals surface area contributed by atoms with Crippen LogP contribution in [0.25, 0.3) is 0 Å². The van der Waals surface area contributed by atoms with Gasteiger partial charge in [0, 0.05) is 12.2 Å². The standard InChI is InChI=1S/C15H20N2O3S/c1-10-3-4-12(9-11(10)2)17-8-7-14(15(17)18)16-21(19,20)13-5-6-13/h3-4,9,13-14,16H,5-8H2,1-2H3. The smallest absolute Gasteiger partial charge is 0.245 e. The molecule has 6 heteroatoms. The van der Waals surface area contributed by atoms with Crippen LogP contribution in [0.4, 0.5) is 5.69 Å². The molecule has 1 saturated heterocycles. The molecule has 2 fully saturated rings. The zero-order chi connectivity index (χ0) is 15.2. The molecular weight excluding hydrogens is 288 g/mol. The number of benzene rings is 1. The van der Waals surface area contributed by atoms with Crippen LogP contribution in [-0.4, -0.2) is 32.2 Å². The van der Waals surface area contributed by atoms with E-state index in [9.17, 15) is 13.2 Å². The van der Waals surface area contributed by atoms with Crippen LogP contribution in [0.1, 0.15) is 30.4 Å². The summed E-state index contributed by atoms with van der Waals surface area (Å²) in [5.74, 6) is -0.150. The van der Waals surface area contributed by atoms with Crippen molar-refractivity contribution in [2.45, 2.75) is 44.4 Å². The quantitative estimate of drug-likeness (QED) is 0.916. The van der Waals surface area contributed by atoms with Gasteiger partial charge < -0.3 is 4.90 Å². The zero-order valence-corrected chi connectivity index (χ0v) is 13.1. The lowest BCUT2D eigenvalue weighted by molar-refractivity contribution is -0.118. The van der Waals surface area contributed by atoms with Gasteiger partial charge in [-0.25, -0.2) is 13.1 Å². The first-order valence-electron chi connectivity index (χ1n) is 7.28. The van der Waals surface area contributed by atoms with E-state index in [1.165, 1.54) is 5.56 Å². The van der Waals surface area contributed by atoms with Crippen LogP contribution >= 0.6 is 0 Å². The first kappa shape index (κ1) is 14.5. The van der Waals surface area contributed by atoms with Gasteiger partial charge in [0.2, 0.25) is 15.9 Å². The van der Waals surface area contributed by atoms with Crippen LogP contribution in [0, 0.1) is 13.8 Å². The Labute approximate surface area is 125 Å². The highest BCUT2D eigenvalue weighted by Crippen LogP contribution is 2.29. The second-order valence-corrected chi connectivity index (χ2v) is 7.95. The van der Waals surface area contributed by atoms with Crippen LogP contribution in [0.2, 0.25) is 0 Å². The van der Waals surface area contributed by atoms with E-state index in [1.54, 1.807) is 4.90 Å². The van der Waals surface area contributed by atoms with Gasteiger partial charge in [0.25, 0.3) is 0 Å². The van der Waals surface area contributed by atoms with E-state index >= 15 is 0 Å². The average molecular weight is 308 g/mol. The summed E-state index contributed by atoms with van der Waals surface area (Å²) in [5.41, 5.74) is 3.15. The Morgan fingerprint density at radius 1 is 1.14 bits per heavy atom. The predicted molar refractivity (Wildman–Crippen MR) is 81.8 cm³/mol. The Balaban J connectivity index is 1.75. The van der Waals surface area contributed by atoms with E-state index < -0.39 is 16.1 Å². The maximum atomic E-state index is 12.4. The molecule has 1 atom stereocenters. The maximum absolute atomic E-state index is 12.4. The number of amides is 1. The van der Waals surface area contributed by atoms with Crippen molar-refractivity contribution in [3.63, 3.8) is 0 Å². The second kappa shape index (κ2) is 5.10. The minimum absolute atomic E-state index is 0.150. The van der Waals surface area contributed by atoms with Crippen LogP contribution in [0.3, 0.4) is 0 Å². The molecule has 1 aliphatic carbocycles. The molecule has 0 aromatic heterocycles. The van der Waals surface area contributed by atoms with E-state index in [4.69, 9.17) is 0 Å². The number of anilines is 1. The molecular formula is C15H20N2O3S. The minimum Gasteiger partial charge on any atom is -0.311 e. The molecule has 21 heavy (non-hydrogen) atoms. The molecule has 1 unspecified atom stereocenters. The molecule has 1 aromatic carbocycles. The molecule has 0 bridgehead atoms. The summed E-state index contributed by atoms with van der Waals surface area (Å²) >= 11 is 0. The largest absolute Gasteiger partial charge is 0.311 e. The molecule has 1 aromatic rings. The van der Waals surface area contributed by atoms with Gasteiger partial charge >= 0.3 is 0 Å². The van der Waals surface area contributed by atoms with Crippen LogP contribution < -0.4 is 9.62 Å². The number of hydrogen-bond acceptors (Lipinski definition) is 3. The fourth-order valence-corrected chi connectivity index (χ4v) is 4.18. The third-order valence-electron chi connectivity index (χ3n) is 4.28. The summed E-state index contributed by atoms with van der Waals surface area (Å²) in [6, 6.07) is 5.26. The van der Waals surface area contributed by atoms with Crippen LogP contribution in [0.15, 0.2) is 18.2 Å². The monoisotopic (exact) mass is 308 g/mol. The molecule has 114 valence electrons. The third kappa shape index (κ3) is 2.82. The SMILES string of the molecule is Cc1ccc(N2CCC(NS(=O)(=O)C3CC3)C2=O)cc1C. The van der Waals surface area contributed by atoms with Crippen molar-refractivity contribution < 1.29 is 13.2 Å². The van der Waals surface area contributed by atoms with Crippen molar-refractivity contribution in [3.05, 3.63) is 29.3 Å². The molecule has 1 amide bonds. The van der Waals surface area contributed by atoms with E-state index in [0.717, 1.165) is 11.3 Å². The fourth-order valence-electron chi connectivity index (χ4n) is 2.61. The molecule has 1 aliphatic heterocycles. The number of aryl methyl sites for hydroxylation is 2. The molecule has 3 rings (SSSR count). The Kier molecular flexibility index (Phi) is 3.53. The predicted octanol–water partition coefficient (Wildman–Crippen LogP) is 1.49. The number of rotatable bonds is 4. The Morgan fingerprint density at radius 2 is 1.86 bits per heavy atom. The Bertz CT molecular complexity index is 680. The number of hydrogen-bond donors (Lipinski definition) is 1. The van der Waals surface area contributed by atoms with Gasteiger partial charge in [0.05, 0.1) is 5.25 Å². The molecule has 0 spiro atoms. The summed E-state index contributed by atoms with van der Waals surface area (Å²) in [7, 11) is -3.32. The average Bonchev–Trinajstić information content (AvgIpc) is 3.21. The number of carbonyl (C=O) groups is 1. The zero-order valence-electron chi connectivity index (χ0n) is 12.3. The van der Waals surface area contributed by atoms with Crippen LogP contribution in [-0.2, 0) is 14.8 Å². The highest BCUT2D eigenvalue weighted by molar-refractivity contribution is 7.90. The lowest BCUT2D eigenvalue weighted by Gasteiger charge is -2.18. The van der Waals surface area contributed by atoms with Gasteiger partial charge in [0.15, 0.2) is 0 Å². The number of carbonyl (C=O) groups excluding carboxylic acids is 1. The van der Waals surface area contributed by atoms with Crippen molar-refractivity contribution in [3.8, 4) is 0 Å². The molecule has 0 radical (unpaired) electrons. The number of nitrogens with one attached hydrogen (secondary N) is 1.